The van der Waals surface area contributed by atoms with Gasteiger partial charge in [0, 0.05) is 92.5 Å². The van der Waals surface area contributed by atoms with Crippen LogP contribution in [-0.4, -0.2) is 81.7 Å². The van der Waals surface area contributed by atoms with Crippen LogP contribution in [0, 0.1) is 0 Å². The zero-order valence-electron chi connectivity index (χ0n) is 53.6. The molecule has 2 aromatic heterocycles. The fourth-order valence-corrected chi connectivity index (χ4v) is 16.0. The molecule has 18 heteroatoms. The average Bonchev–Trinajstić information content (AvgIpc) is 0.776. The van der Waals surface area contributed by atoms with Gasteiger partial charge in [0.15, 0.2) is 46.0 Å². The lowest BCUT2D eigenvalue weighted by Gasteiger charge is -2.23. The second-order valence-corrected chi connectivity index (χ2v) is 26.1. The van der Waals surface area contributed by atoms with E-state index in [2.05, 4.69) is 0 Å². The molecule has 0 unspecified atom stereocenters. The lowest BCUT2D eigenvalue weighted by atomic mass is 9.81. The maximum absolute atomic E-state index is 12.4. The van der Waals surface area contributed by atoms with Crippen LogP contribution in [0.3, 0.4) is 0 Å². The first-order chi connectivity index (χ1) is 50.3. The number of hydrogen-bond donors (Lipinski definition) is 16. The lowest BCUT2D eigenvalue weighted by molar-refractivity contribution is 0.350. The summed E-state index contributed by atoms with van der Waals surface area (Å²) in [5.41, 5.74) is 4.01. The first kappa shape index (κ1) is 60.4. The molecule has 16 N–H and O–H groups in total. The summed E-state index contributed by atoms with van der Waals surface area (Å²) in [6, 6.07) is 61.0. The van der Waals surface area contributed by atoms with Crippen LogP contribution in [0.1, 0.15) is 0 Å². The Morgan fingerprint density at radius 3 is 1.02 bits per heavy atom. The Morgan fingerprint density at radius 2 is 0.529 bits per heavy atom. The van der Waals surface area contributed by atoms with E-state index in [1.54, 1.807) is 78.9 Å². The Bertz CT molecular complexity index is 7010. The molecule has 0 aliphatic heterocycles. The predicted molar refractivity (Wildman–Crippen MR) is 400 cm³/mol. The molecule has 19 rings (SSSR count). The zero-order chi connectivity index (χ0) is 71.5. The summed E-state index contributed by atoms with van der Waals surface area (Å²) in [5.74, 6) is -16.9. The molecular formula is C86H50O18. The van der Waals surface area contributed by atoms with Crippen molar-refractivity contribution < 1.29 is 90.5 Å². The van der Waals surface area contributed by atoms with Gasteiger partial charge in [-0.1, -0.05) is 152 Å². The monoisotopic (exact) mass is 1370 g/mol. The van der Waals surface area contributed by atoms with Crippen LogP contribution in [0.15, 0.2) is 215 Å². The highest BCUT2D eigenvalue weighted by Gasteiger charge is 2.36. The van der Waals surface area contributed by atoms with Crippen LogP contribution in [0.25, 0.3) is 197 Å². The molecule has 0 atom stereocenters. The Kier molecular flexibility index (Phi) is 12.4. The van der Waals surface area contributed by atoms with Crippen LogP contribution in [-0.2, 0) is 0 Å². The van der Waals surface area contributed by atoms with E-state index < -0.39 is 92.0 Å². The lowest BCUT2D eigenvalue weighted by Crippen LogP contribution is -1.95. The van der Waals surface area contributed by atoms with Gasteiger partial charge in [-0.05, 0) is 137 Å². The van der Waals surface area contributed by atoms with Crippen molar-refractivity contribution in [2.75, 3.05) is 0 Å². The highest BCUT2D eigenvalue weighted by Crippen LogP contribution is 2.65. The minimum absolute atomic E-state index is 0.117. The highest BCUT2D eigenvalue weighted by molar-refractivity contribution is 6.33. The fraction of sp³-hybridized carbons (Fsp3) is 0. The molecule has 19 aromatic rings. The van der Waals surface area contributed by atoms with E-state index in [1.807, 2.05) is 127 Å². The second-order valence-electron chi connectivity index (χ2n) is 26.1. The Morgan fingerprint density at radius 1 is 0.173 bits per heavy atom. The molecule has 0 spiro atoms. The van der Waals surface area contributed by atoms with Crippen LogP contribution in [0.4, 0.5) is 0 Å². The standard InChI is InChI=1S/C86H50O18/c87-70-62-57(63-67(75(92)83(100)79(96)71(63)88)59(66(62)74(91)82(99)78(70)95)42-28-38-16-6-8-18-43(38)49(33-42)35-12-2-1-3-13-35)41-25-27-55-52(32-41)53-30-39-17-7-9-19-44(39)60(86(53)104-55)47-22-10-21-46-45(47)20-11-23-48(46)61-68-64(72(89)80(97)84(101)76(68)93)58(65-69(61)77(94)85(102)81(98)73(65)90)40-24-26-54-50(31-40)51-29-36-14-4-5-15-37(36)34-56(51)103-54/h1-34,87-102H. The molecule has 0 bridgehead atoms. The largest absolute Gasteiger partial charge is 0.504 e. The summed E-state index contributed by atoms with van der Waals surface area (Å²) < 4.78 is 13.3. The molecule has 17 aromatic carbocycles. The number of aromatic hydroxyl groups is 16. The number of phenols is 16. The smallest absolute Gasteiger partial charge is 0.204 e. The molecule has 502 valence electrons. The van der Waals surface area contributed by atoms with Crippen molar-refractivity contribution in [1.29, 1.82) is 0 Å². The van der Waals surface area contributed by atoms with E-state index in [-0.39, 0.29) is 93.2 Å². The van der Waals surface area contributed by atoms with Crippen molar-refractivity contribution in [2.24, 2.45) is 0 Å². The number of benzene rings is 17. The van der Waals surface area contributed by atoms with E-state index in [9.17, 15) is 81.7 Å². The van der Waals surface area contributed by atoms with E-state index in [1.165, 1.54) is 0 Å². The second kappa shape index (κ2) is 21.4. The van der Waals surface area contributed by atoms with Gasteiger partial charge in [-0.15, -0.1) is 0 Å². The van der Waals surface area contributed by atoms with Crippen LogP contribution >= 0.6 is 0 Å². The summed E-state index contributed by atoms with van der Waals surface area (Å²) >= 11 is 0. The minimum atomic E-state index is -1.15. The Hall–Kier alpha value is -14.8. The van der Waals surface area contributed by atoms with Crippen molar-refractivity contribution in [3.63, 3.8) is 0 Å². The molecule has 104 heavy (non-hydrogen) atoms. The highest BCUT2D eigenvalue weighted by atomic mass is 16.4. The maximum atomic E-state index is 12.4. The number of fused-ring (bicyclic) bond motifs is 14. The third kappa shape index (κ3) is 8.03. The van der Waals surface area contributed by atoms with Gasteiger partial charge in [0.05, 0.1) is 0 Å². The van der Waals surface area contributed by atoms with E-state index in [0.29, 0.717) is 81.9 Å². The van der Waals surface area contributed by atoms with Gasteiger partial charge in [-0.3, -0.25) is 0 Å². The van der Waals surface area contributed by atoms with E-state index >= 15 is 0 Å². The van der Waals surface area contributed by atoms with Gasteiger partial charge < -0.3 is 90.5 Å². The van der Waals surface area contributed by atoms with Gasteiger partial charge in [0.25, 0.3) is 0 Å². The molecule has 0 radical (unpaired) electrons. The van der Waals surface area contributed by atoms with E-state index in [0.717, 1.165) is 21.7 Å². The van der Waals surface area contributed by atoms with Gasteiger partial charge in [-0.2, -0.15) is 0 Å². The van der Waals surface area contributed by atoms with Gasteiger partial charge >= 0.3 is 0 Å². The molecule has 0 amide bonds. The van der Waals surface area contributed by atoms with Crippen LogP contribution in [0.5, 0.6) is 92.0 Å². The third-order valence-electron chi connectivity index (χ3n) is 20.7. The normalized spacial score (nSPS) is 12.1. The van der Waals surface area contributed by atoms with Gasteiger partial charge in [-0.25, -0.2) is 0 Å². The summed E-state index contributed by atoms with van der Waals surface area (Å²) in [6.45, 7) is 0. The summed E-state index contributed by atoms with van der Waals surface area (Å²) in [4.78, 5) is 0. The van der Waals surface area contributed by atoms with Crippen LogP contribution in [0.2, 0.25) is 0 Å². The van der Waals surface area contributed by atoms with Crippen molar-refractivity contribution in [1.82, 2.24) is 0 Å². The number of rotatable bonds is 6. The fourth-order valence-electron chi connectivity index (χ4n) is 16.0. The Labute approximate surface area is 582 Å². The maximum Gasteiger partial charge on any atom is 0.204 e. The molecule has 0 saturated heterocycles. The minimum Gasteiger partial charge on any atom is -0.504 e. The van der Waals surface area contributed by atoms with Gasteiger partial charge in [0.2, 0.25) is 46.0 Å². The topological polar surface area (TPSA) is 350 Å². The molecule has 0 saturated carbocycles. The van der Waals surface area contributed by atoms with Gasteiger partial charge in [0.1, 0.15) is 22.3 Å². The van der Waals surface area contributed by atoms with Crippen molar-refractivity contribution in [3.8, 4) is 159 Å². The van der Waals surface area contributed by atoms with Crippen molar-refractivity contribution >= 4 is 130 Å². The summed E-state index contributed by atoms with van der Waals surface area (Å²) in [5, 5.41) is 196. The predicted octanol–water partition coefficient (Wildman–Crippen LogP) is 20.0. The SMILES string of the molecule is Oc1c(O)c(O)c2c(-c3ccc4oc5c(-c6cccc7c(-c8c9c(O)c(O)c(O)c(O)c9c(-c9ccc%10oc%11cc%12ccccc%12cc%11c%10c9)c9c(O)c(O)c(O)c(O)c89)cccc67)c6ccccc6cc5c4c3)c3c(O)c(O)c(O)c(O)c3c(-c3cc(-c4ccccc4)c4ccccc4c3)c2c1O. The van der Waals surface area contributed by atoms with Crippen molar-refractivity contribution in [3.05, 3.63) is 206 Å². The molecular weight excluding hydrogens is 1320 g/mol. The number of phenolic OH excluding ortho intramolecular Hbond substituents is 16. The third-order valence-corrected chi connectivity index (χ3v) is 20.7. The molecule has 0 fully saturated rings. The number of furan rings is 2. The molecule has 2 heterocycles. The van der Waals surface area contributed by atoms with E-state index in [4.69, 9.17) is 8.83 Å². The van der Waals surface area contributed by atoms with Crippen LogP contribution < -0.4 is 0 Å². The molecule has 0 aliphatic rings. The molecule has 18 nitrogen and oxygen atoms in total. The van der Waals surface area contributed by atoms with Crippen molar-refractivity contribution in [2.45, 2.75) is 0 Å². The zero-order valence-corrected chi connectivity index (χ0v) is 53.6. The quantitative estimate of drug-likeness (QED) is 0.0418. The Balaban J connectivity index is 0.869. The molecule has 0 aliphatic carbocycles. The first-order valence-corrected chi connectivity index (χ1v) is 32.6. The summed E-state index contributed by atoms with van der Waals surface area (Å²) in [7, 11) is 0. The average molecular weight is 1370 g/mol. The number of hydrogen-bond acceptors (Lipinski definition) is 18. The first-order valence-electron chi connectivity index (χ1n) is 32.6. The summed E-state index contributed by atoms with van der Waals surface area (Å²) in [6.07, 6.45) is 0.